The Kier molecular flexibility index (Phi) is 4.34. The number of furan rings is 1. The normalized spacial score (nSPS) is 12.0. The Morgan fingerprint density at radius 2 is 1.49 bits per heavy atom. The van der Waals surface area contributed by atoms with Crippen LogP contribution in [0.3, 0.4) is 0 Å². The van der Waals surface area contributed by atoms with Crippen molar-refractivity contribution in [1.29, 1.82) is 0 Å². The van der Waals surface area contributed by atoms with Crippen LogP contribution in [0.5, 0.6) is 0 Å². The van der Waals surface area contributed by atoms with Crippen molar-refractivity contribution in [3.63, 3.8) is 0 Å². The van der Waals surface area contributed by atoms with Gasteiger partial charge in [0.1, 0.15) is 11.2 Å². The lowest BCUT2D eigenvalue weighted by Gasteiger charge is -2.08. The molecular formula is C32H24N2O. The van der Waals surface area contributed by atoms with Gasteiger partial charge in [-0.15, -0.1) is 0 Å². The van der Waals surface area contributed by atoms with Crippen LogP contribution >= 0.6 is 0 Å². The number of rotatable bonds is 3. The molecule has 0 saturated carbocycles. The summed E-state index contributed by atoms with van der Waals surface area (Å²) in [5.74, 6) is 0.443. The highest BCUT2D eigenvalue weighted by Gasteiger charge is 2.18. The van der Waals surface area contributed by atoms with Crippen molar-refractivity contribution in [2.75, 3.05) is 0 Å². The van der Waals surface area contributed by atoms with Gasteiger partial charge in [-0.2, -0.15) is 0 Å². The molecule has 0 aliphatic heterocycles. The highest BCUT2D eigenvalue weighted by atomic mass is 16.3. The smallest absolute Gasteiger partial charge is 0.144 e. The van der Waals surface area contributed by atoms with Gasteiger partial charge in [0.2, 0.25) is 0 Å². The topological polar surface area (TPSA) is 31.0 Å². The first-order valence-corrected chi connectivity index (χ1v) is 12.1. The summed E-state index contributed by atoms with van der Waals surface area (Å²) >= 11 is 0. The Labute approximate surface area is 203 Å². The number of hydrogen-bond acceptors (Lipinski definition) is 2. The van der Waals surface area contributed by atoms with E-state index in [1.807, 2.05) is 6.20 Å². The predicted octanol–water partition coefficient (Wildman–Crippen LogP) is 8.87. The molecule has 0 N–H and O–H groups in total. The van der Waals surface area contributed by atoms with E-state index in [1.54, 1.807) is 0 Å². The van der Waals surface area contributed by atoms with Gasteiger partial charge in [0.05, 0.1) is 16.7 Å². The van der Waals surface area contributed by atoms with Gasteiger partial charge in [0, 0.05) is 39.0 Å². The Hall–Kier alpha value is -4.37. The minimum atomic E-state index is 0.443. The average molecular weight is 453 g/mol. The Morgan fingerprint density at radius 1 is 0.686 bits per heavy atom. The molecular weight excluding hydrogens is 428 g/mol. The monoisotopic (exact) mass is 452 g/mol. The van der Waals surface area contributed by atoms with Crippen LogP contribution < -0.4 is 0 Å². The maximum absolute atomic E-state index is 6.56. The van der Waals surface area contributed by atoms with Crippen LogP contribution in [0.1, 0.15) is 25.3 Å². The predicted molar refractivity (Wildman–Crippen MR) is 145 cm³/mol. The lowest BCUT2D eigenvalue weighted by Crippen LogP contribution is -1.92. The van der Waals surface area contributed by atoms with Gasteiger partial charge in [-0.3, -0.25) is 4.98 Å². The molecule has 0 atom stereocenters. The number of para-hydroxylation sites is 3. The second-order valence-corrected chi connectivity index (χ2v) is 9.47. The van der Waals surface area contributed by atoms with Gasteiger partial charge in [0.15, 0.2) is 0 Å². The largest absolute Gasteiger partial charge is 0.455 e. The molecule has 4 aromatic carbocycles. The fourth-order valence-electron chi connectivity index (χ4n) is 5.27. The number of fused-ring (bicyclic) bond motifs is 6. The quantitative estimate of drug-likeness (QED) is 0.268. The third-order valence-electron chi connectivity index (χ3n) is 7.03. The van der Waals surface area contributed by atoms with E-state index in [2.05, 4.69) is 120 Å². The van der Waals surface area contributed by atoms with Gasteiger partial charge in [-0.25, -0.2) is 0 Å². The Morgan fingerprint density at radius 3 is 2.34 bits per heavy atom. The van der Waals surface area contributed by atoms with E-state index in [0.29, 0.717) is 5.92 Å². The summed E-state index contributed by atoms with van der Waals surface area (Å²) in [7, 11) is 0. The number of nitrogens with zero attached hydrogens (tertiary/aromatic N) is 2. The van der Waals surface area contributed by atoms with Gasteiger partial charge in [0.25, 0.3) is 0 Å². The summed E-state index contributed by atoms with van der Waals surface area (Å²) in [4.78, 5) is 4.69. The molecule has 0 saturated heterocycles. The first-order chi connectivity index (χ1) is 17.2. The number of hydrogen-bond donors (Lipinski definition) is 0. The zero-order valence-corrected chi connectivity index (χ0v) is 19.7. The molecule has 3 heteroatoms. The molecule has 0 bridgehead atoms. The van der Waals surface area contributed by atoms with Crippen molar-refractivity contribution >= 4 is 43.7 Å². The maximum atomic E-state index is 6.56. The van der Waals surface area contributed by atoms with Crippen molar-refractivity contribution in [3.8, 4) is 16.9 Å². The van der Waals surface area contributed by atoms with Gasteiger partial charge in [-0.1, -0.05) is 62.4 Å². The van der Waals surface area contributed by atoms with E-state index < -0.39 is 0 Å². The van der Waals surface area contributed by atoms with Gasteiger partial charge in [-0.05, 0) is 60.0 Å². The molecule has 0 radical (unpaired) electrons. The van der Waals surface area contributed by atoms with Crippen LogP contribution in [0.15, 0.2) is 108 Å². The first-order valence-electron chi connectivity index (χ1n) is 12.1. The van der Waals surface area contributed by atoms with Crippen molar-refractivity contribution in [3.05, 3.63) is 109 Å². The zero-order valence-electron chi connectivity index (χ0n) is 19.7. The molecule has 0 spiro atoms. The van der Waals surface area contributed by atoms with Crippen LogP contribution in [-0.2, 0) is 0 Å². The summed E-state index contributed by atoms with van der Waals surface area (Å²) in [6.45, 7) is 4.41. The van der Waals surface area contributed by atoms with Crippen molar-refractivity contribution in [2.45, 2.75) is 19.8 Å². The van der Waals surface area contributed by atoms with Gasteiger partial charge < -0.3 is 8.98 Å². The number of aromatic nitrogens is 2. The highest BCUT2D eigenvalue weighted by Crippen LogP contribution is 2.40. The van der Waals surface area contributed by atoms with E-state index in [9.17, 15) is 0 Å². The lowest BCUT2D eigenvalue weighted by atomic mass is 10.0. The Balaban J connectivity index is 1.55. The first kappa shape index (κ1) is 20.0. The van der Waals surface area contributed by atoms with Crippen molar-refractivity contribution in [2.24, 2.45) is 0 Å². The van der Waals surface area contributed by atoms with Crippen LogP contribution in [0.2, 0.25) is 0 Å². The fraction of sp³-hybridized carbons (Fsp3) is 0.0938. The van der Waals surface area contributed by atoms with Crippen LogP contribution in [0.25, 0.3) is 60.7 Å². The molecule has 7 aromatic rings. The minimum absolute atomic E-state index is 0.443. The summed E-state index contributed by atoms with van der Waals surface area (Å²) in [5.41, 5.74) is 8.57. The second kappa shape index (κ2) is 7.57. The third-order valence-corrected chi connectivity index (χ3v) is 7.03. The van der Waals surface area contributed by atoms with E-state index in [0.717, 1.165) is 38.9 Å². The molecule has 0 unspecified atom stereocenters. The van der Waals surface area contributed by atoms with E-state index in [-0.39, 0.29) is 0 Å². The van der Waals surface area contributed by atoms with E-state index in [1.165, 1.54) is 27.4 Å². The summed E-state index contributed by atoms with van der Waals surface area (Å²) in [6.07, 6.45) is 1.90. The van der Waals surface area contributed by atoms with Crippen molar-refractivity contribution < 1.29 is 4.42 Å². The molecule has 3 aromatic heterocycles. The number of pyridine rings is 1. The summed E-state index contributed by atoms with van der Waals surface area (Å²) < 4.78 is 8.91. The number of benzene rings is 4. The van der Waals surface area contributed by atoms with E-state index in [4.69, 9.17) is 4.42 Å². The molecule has 3 nitrogen and oxygen atoms in total. The summed E-state index contributed by atoms with van der Waals surface area (Å²) in [5, 5.41) is 4.65. The molecule has 0 aliphatic carbocycles. The lowest BCUT2D eigenvalue weighted by molar-refractivity contribution is 0.670. The van der Waals surface area contributed by atoms with Crippen LogP contribution in [-0.4, -0.2) is 9.55 Å². The third kappa shape index (κ3) is 3.01. The molecule has 168 valence electrons. The Bertz CT molecular complexity index is 1870. The molecule has 3 heterocycles. The average Bonchev–Trinajstić information content (AvgIpc) is 3.43. The molecule has 0 amide bonds. The van der Waals surface area contributed by atoms with Crippen LogP contribution in [0.4, 0.5) is 0 Å². The molecule has 0 fully saturated rings. The molecule has 0 aliphatic rings. The maximum Gasteiger partial charge on any atom is 0.144 e. The molecule has 35 heavy (non-hydrogen) atoms. The molecule has 7 rings (SSSR count). The standard InChI is InChI=1S/C32H24N2O/c1-20(2)21-15-16-33-28(17-21)25-13-8-12-24-27-18-30-26(19-31(27)35-32(24)25)23-11-6-7-14-29(23)34(30)22-9-4-3-5-10-22/h3-20H,1-2H3. The van der Waals surface area contributed by atoms with Crippen LogP contribution in [0, 0.1) is 0 Å². The minimum Gasteiger partial charge on any atom is -0.455 e. The zero-order chi connectivity index (χ0) is 23.5. The van der Waals surface area contributed by atoms with E-state index >= 15 is 0 Å². The van der Waals surface area contributed by atoms with Crippen molar-refractivity contribution in [1.82, 2.24) is 9.55 Å². The SMILES string of the molecule is CC(C)c1ccnc(-c2cccc3c2oc2cc4c5ccccc5n(-c5ccccc5)c4cc23)c1. The second-order valence-electron chi connectivity index (χ2n) is 9.47. The summed E-state index contributed by atoms with van der Waals surface area (Å²) in [6, 6.07) is 34.3. The van der Waals surface area contributed by atoms with Gasteiger partial charge >= 0.3 is 0 Å². The highest BCUT2D eigenvalue weighted by molar-refractivity contribution is 6.18. The fourth-order valence-corrected chi connectivity index (χ4v) is 5.27.